The lowest BCUT2D eigenvalue weighted by molar-refractivity contribution is -0.137. The van der Waals surface area contributed by atoms with Crippen molar-refractivity contribution in [3.63, 3.8) is 0 Å². The molecule has 1 atom stereocenters. The molecule has 0 aliphatic heterocycles. The standard InChI is InChI=1S/C17H13BrN2O4S/c18-11-4-1-3-10(7-11)12(8-14(21)22)20-17(23)15-16(24-9-19-15)13-5-2-6-25-13/h1-7,9,12H,8H2,(H,20,23)(H,21,22)/t12-/m1/s1. The SMILES string of the molecule is O=C(O)C[C@@H](NC(=O)c1ncoc1-c1cccs1)c1cccc(Br)c1. The number of benzene rings is 1. The van der Waals surface area contributed by atoms with Gasteiger partial charge in [-0.25, -0.2) is 4.98 Å². The van der Waals surface area contributed by atoms with Gasteiger partial charge in [-0.05, 0) is 29.1 Å². The number of halogens is 1. The van der Waals surface area contributed by atoms with Gasteiger partial charge in [0.05, 0.1) is 17.3 Å². The van der Waals surface area contributed by atoms with Gasteiger partial charge in [0.15, 0.2) is 17.8 Å². The van der Waals surface area contributed by atoms with E-state index in [2.05, 4.69) is 26.2 Å². The van der Waals surface area contributed by atoms with E-state index in [-0.39, 0.29) is 12.1 Å². The highest BCUT2D eigenvalue weighted by Gasteiger charge is 2.24. The molecule has 0 aliphatic carbocycles. The topological polar surface area (TPSA) is 92.4 Å². The summed E-state index contributed by atoms with van der Waals surface area (Å²) in [5.74, 6) is -1.12. The van der Waals surface area contributed by atoms with Crippen LogP contribution in [0.15, 0.2) is 57.1 Å². The number of thiophene rings is 1. The predicted octanol–water partition coefficient (Wildman–Crippen LogP) is 4.11. The minimum Gasteiger partial charge on any atom is -0.481 e. The minimum atomic E-state index is -1.01. The Labute approximate surface area is 155 Å². The Hall–Kier alpha value is -2.45. The summed E-state index contributed by atoms with van der Waals surface area (Å²) in [5, 5.41) is 13.8. The molecule has 0 saturated carbocycles. The Morgan fingerprint density at radius 2 is 2.16 bits per heavy atom. The zero-order valence-electron chi connectivity index (χ0n) is 12.8. The highest BCUT2D eigenvalue weighted by Crippen LogP contribution is 2.28. The lowest BCUT2D eigenvalue weighted by Crippen LogP contribution is -2.30. The maximum atomic E-state index is 12.6. The smallest absolute Gasteiger partial charge is 0.305 e. The van der Waals surface area contributed by atoms with E-state index >= 15 is 0 Å². The van der Waals surface area contributed by atoms with E-state index in [1.165, 1.54) is 17.7 Å². The van der Waals surface area contributed by atoms with Crippen molar-refractivity contribution in [2.75, 3.05) is 0 Å². The van der Waals surface area contributed by atoms with E-state index in [0.717, 1.165) is 9.35 Å². The number of carbonyl (C=O) groups is 2. The van der Waals surface area contributed by atoms with Crippen LogP contribution in [-0.4, -0.2) is 22.0 Å². The van der Waals surface area contributed by atoms with Gasteiger partial charge < -0.3 is 14.8 Å². The van der Waals surface area contributed by atoms with Crippen molar-refractivity contribution in [2.45, 2.75) is 12.5 Å². The third-order valence-electron chi connectivity index (χ3n) is 3.46. The van der Waals surface area contributed by atoms with E-state index in [1.54, 1.807) is 18.2 Å². The molecule has 0 unspecified atom stereocenters. The first kappa shape index (κ1) is 17.4. The maximum Gasteiger partial charge on any atom is 0.305 e. The highest BCUT2D eigenvalue weighted by atomic mass is 79.9. The Morgan fingerprint density at radius 3 is 2.84 bits per heavy atom. The number of hydrogen-bond donors (Lipinski definition) is 2. The monoisotopic (exact) mass is 420 g/mol. The summed E-state index contributed by atoms with van der Waals surface area (Å²) in [7, 11) is 0. The molecule has 0 spiro atoms. The van der Waals surface area contributed by atoms with E-state index < -0.39 is 17.9 Å². The Bertz CT molecular complexity index is 892. The summed E-state index contributed by atoms with van der Waals surface area (Å²) in [6.45, 7) is 0. The van der Waals surface area contributed by atoms with E-state index in [1.807, 2.05) is 23.6 Å². The minimum absolute atomic E-state index is 0.132. The fourth-order valence-corrected chi connectivity index (χ4v) is 3.50. The molecule has 0 fully saturated rings. The van der Waals surface area contributed by atoms with Crippen LogP contribution in [0.1, 0.15) is 28.5 Å². The van der Waals surface area contributed by atoms with Gasteiger partial charge in [0.2, 0.25) is 0 Å². The molecule has 3 rings (SSSR count). The number of carboxylic acids is 1. The average molecular weight is 421 g/mol. The number of rotatable bonds is 6. The van der Waals surface area contributed by atoms with Gasteiger partial charge in [-0.2, -0.15) is 0 Å². The summed E-state index contributed by atoms with van der Waals surface area (Å²) < 4.78 is 6.13. The summed E-state index contributed by atoms with van der Waals surface area (Å²) in [4.78, 5) is 28.6. The van der Waals surface area contributed by atoms with Crippen molar-refractivity contribution in [3.05, 3.63) is 63.9 Å². The Balaban J connectivity index is 1.86. The predicted molar refractivity (Wildman–Crippen MR) is 96.4 cm³/mol. The lowest BCUT2D eigenvalue weighted by atomic mass is 10.0. The molecular formula is C17H13BrN2O4S. The number of nitrogens with zero attached hydrogens (tertiary/aromatic N) is 1. The summed E-state index contributed by atoms with van der Waals surface area (Å²) in [6, 6.07) is 10.1. The van der Waals surface area contributed by atoms with Gasteiger partial charge in [-0.15, -0.1) is 11.3 Å². The quantitative estimate of drug-likeness (QED) is 0.625. The fraction of sp³-hybridized carbons (Fsp3) is 0.118. The summed E-state index contributed by atoms with van der Waals surface area (Å²) >= 11 is 4.78. The number of carboxylic acid groups (broad SMARTS) is 1. The first-order chi connectivity index (χ1) is 12.0. The third-order valence-corrected chi connectivity index (χ3v) is 4.82. The van der Waals surface area contributed by atoms with Crippen molar-refractivity contribution < 1.29 is 19.1 Å². The molecule has 2 heterocycles. The zero-order valence-corrected chi connectivity index (χ0v) is 15.2. The van der Waals surface area contributed by atoms with Crippen LogP contribution in [0.25, 0.3) is 10.6 Å². The molecule has 6 nitrogen and oxygen atoms in total. The molecule has 1 aromatic carbocycles. The molecule has 8 heteroatoms. The molecule has 0 bridgehead atoms. The largest absolute Gasteiger partial charge is 0.481 e. The van der Waals surface area contributed by atoms with Crippen molar-refractivity contribution in [2.24, 2.45) is 0 Å². The van der Waals surface area contributed by atoms with Crippen LogP contribution in [0.4, 0.5) is 0 Å². The molecule has 2 N–H and O–H groups in total. The molecule has 0 radical (unpaired) electrons. The molecule has 0 saturated heterocycles. The lowest BCUT2D eigenvalue weighted by Gasteiger charge is -2.17. The van der Waals surface area contributed by atoms with Gasteiger partial charge >= 0.3 is 5.97 Å². The van der Waals surface area contributed by atoms with Gasteiger partial charge in [0.25, 0.3) is 5.91 Å². The van der Waals surface area contributed by atoms with Gasteiger partial charge in [-0.1, -0.05) is 34.1 Å². The first-order valence-electron chi connectivity index (χ1n) is 7.30. The van der Waals surface area contributed by atoms with E-state index in [4.69, 9.17) is 9.52 Å². The molecule has 25 heavy (non-hydrogen) atoms. The molecule has 0 aliphatic rings. The maximum absolute atomic E-state index is 12.6. The number of carbonyl (C=O) groups excluding carboxylic acids is 1. The van der Waals surface area contributed by atoms with E-state index in [0.29, 0.717) is 11.3 Å². The Morgan fingerprint density at radius 1 is 1.32 bits per heavy atom. The number of amides is 1. The van der Waals surface area contributed by atoms with Crippen LogP contribution in [0.2, 0.25) is 0 Å². The normalized spacial score (nSPS) is 11.9. The van der Waals surface area contributed by atoms with Gasteiger partial charge in [0, 0.05) is 4.47 Å². The van der Waals surface area contributed by atoms with Gasteiger partial charge in [0.1, 0.15) is 0 Å². The first-order valence-corrected chi connectivity index (χ1v) is 8.97. The Kier molecular flexibility index (Phi) is 5.30. The van der Waals surface area contributed by atoms with Crippen molar-refractivity contribution in [1.82, 2.24) is 10.3 Å². The van der Waals surface area contributed by atoms with Crippen LogP contribution in [0.3, 0.4) is 0 Å². The highest BCUT2D eigenvalue weighted by molar-refractivity contribution is 9.10. The molecule has 1 amide bonds. The summed E-state index contributed by atoms with van der Waals surface area (Å²) in [5.41, 5.74) is 0.819. The van der Waals surface area contributed by atoms with Crippen molar-refractivity contribution >= 4 is 39.1 Å². The average Bonchev–Trinajstić information content (AvgIpc) is 3.24. The zero-order chi connectivity index (χ0) is 17.8. The van der Waals surface area contributed by atoms with Crippen molar-refractivity contribution in [3.8, 4) is 10.6 Å². The fourth-order valence-electron chi connectivity index (χ4n) is 2.37. The van der Waals surface area contributed by atoms with Gasteiger partial charge in [-0.3, -0.25) is 9.59 Å². The second-order valence-electron chi connectivity index (χ2n) is 5.19. The van der Waals surface area contributed by atoms with Crippen LogP contribution in [-0.2, 0) is 4.79 Å². The number of oxazole rings is 1. The van der Waals surface area contributed by atoms with Crippen molar-refractivity contribution in [1.29, 1.82) is 0 Å². The summed E-state index contributed by atoms with van der Waals surface area (Å²) in [6.07, 6.45) is 0.962. The number of nitrogens with one attached hydrogen (secondary N) is 1. The molecule has 3 aromatic rings. The number of aliphatic carboxylic acids is 1. The second kappa shape index (κ2) is 7.62. The van der Waals surface area contributed by atoms with E-state index in [9.17, 15) is 9.59 Å². The molecular weight excluding hydrogens is 408 g/mol. The van der Waals surface area contributed by atoms with Crippen LogP contribution >= 0.6 is 27.3 Å². The van der Waals surface area contributed by atoms with Crippen LogP contribution in [0.5, 0.6) is 0 Å². The molecule has 2 aromatic heterocycles. The third kappa shape index (κ3) is 4.15. The molecule has 128 valence electrons. The number of hydrogen-bond acceptors (Lipinski definition) is 5. The number of aromatic nitrogens is 1. The van der Waals surface area contributed by atoms with Crippen LogP contribution in [0, 0.1) is 0 Å². The second-order valence-corrected chi connectivity index (χ2v) is 7.05. The van der Waals surface area contributed by atoms with Crippen LogP contribution < -0.4 is 5.32 Å².